The second-order valence-corrected chi connectivity index (χ2v) is 10.1. The Kier molecular flexibility index (Phi) is 8.85. The number of rotatable bonds is 8. The van der Waals surface area contributed by atoms with Gasteiger partial charge in [0.2, 0.25) is 15.9 Å². The van der Waals surface area contributed by atoms with Gasteiger partial charge in [0.15, 0.2) is 0 Å². The maximum Gasteiger partial charge on any atom is 0.266 e. The number of halogens is 3. The molecule has 1 aliphatic rings. The topological polar surface area (TPSA) is 58.6 Å². The Morgan fingerprint density at radius 2 is 2.03 bits per heavy atom. The van der Waals surface area contributed by atoms with Gasteiger partial charge in [-0.2, -0.15) is 0 Å². The van der Waals surface area contributed by atoms with Crippen LogP contribution in [0.1, 0.15) is 25.3 Å². The second kappa shape index (κ2) is 10.7. The monoisotopic (exact) mass is 492 g/mol. The van der Waals surface area contributed by atoms with Gasteiger partial charge in [0.1, 0.15) is 10.1 Å². The molecule has 2 rings (SSSR count). The van der Waals surface area contributed by atoms with Crippen LogP contribution in [-0.2, 0) is 9.59 Å². The summed E-state index contributed by atoms with van der Waals surface area (Å²) in [4.78, 5) is 26.2. The summed E-state index contributed by atoms with van der Waals surface area (Å²) < 4.78 is 4.30. The highest BCUT2D eigenvalue weighted by atomic mass is 35.6. The summed E-state index contributed by atoms with van der Waals surface area (Å²) in [7, 11) is 0. The summed E-state index contributed by atoms with van der Waals surface area (Å²) in [5.41, 5.74) is 0.775. The standard InChI is InChI=1S/C19H19Cl3N2O3S2/c1-3-5-15(25)23-17(19(20,21)22)27-13-8-6-12(7-9-13)11-14-16(26)24(10-4-2)18(28)29-14/h4,6-9,11,17H,2-3,5,10H2,1H3,(H,23,25). The fourth-order valence-corrected chi connectivity index (χ4v) is 3.91. The maximum absolute atomic E-state index is 12.4. The number of hydrogen-bond donors (Lipinski definition) is 1. The van der Waals surface area contributed by atoms with E-state index < -0.39 is 10.0 Å². The lowest BCUT2D eigenvalue weighted by atomic mass is 10.2. The van der Waals surface area contributed by atoms with Gasteiger partial charge in [-0.05, 0) is 30.2 Å². The predicted octanol–water partition coefficient (Wildman–Crippen LogP) is 5.07. The molecule has 0 bridgehead atoms. The molecule has 1 aliphatic heterocycles. The van der Waals surface area contributed by atoms with Crippen molar-refractivity contribution in [2.24, 2.45) is 0 Å². The first kappa shape index (κ1) is 24.0. The number of nitrogens with zero attached hydrogens (tertiary/aromatic N) is 1. The van der Waals surface area contributed by atoms with E-state index in [2.05, 4.69) is 11.9 Å². The van der Waals surface area contributed by atoms with E-state index in [1.807, 2.05) is 6.92 Å². The molecule has 1 aromatic carbocycles. The van der Waals surface area contributed by atoms with E-state index in [0.29, 0.717) is 34.4 Å². The van der Waals surface area contributed by atoms with E-state index in [1.54, 1.807) is 36.4 Å². The van der Waals surface area contributed by atoms with Gasteiger partial charge in [0.05, 0.1) is 4.91 Å². The summed E-state index contributed by atoms with van der Waals surface area (Å²) in [5, 5.41) is 2.56. The van der Waals surface area contributed by atoms with Gasteiger partial charge >= 0.3 is 0 Å². The molecule has 1 heterocycles. The van der Waals surface area contributed by atoms with Crippen molar-refractivity contribution in [1.82, 2.24) is 10.2 Å². The number of nitrogens with one attached hydrogen (secondary N) is 1. The zero-order valence-corrected chi connectivity index (χ0v) is 19.4. The van der Waals surface area contributed by atoms with Gasteiger partial charge in [-0.3, -0.25) is 14.5 Å². The first-order valence-electron chi connectivity index (χ1n) is 8.64. The zero-order valence-electron chi connectivity index (χ0n) is 15.5. The summed E-state index contributed by atoms with van der Waals surface area (Å²) in [6.07, 6.45) is 3.17. The van der Waals surface area contributed by atoms with Gasteiger partial charge in [0, 0.05) is 13.0 Å². The highest BCUT2D eigenvalue weighted by Gasteiger charge is 2.36. The number of hydrogen-bond acceptors (Lipinski definition) is 5. The normalized spacial score (nSPS) is 16.8. The van der Waals surface area contributed by atoms with Gasteiger partial charge in [-0.25, -0.2) is 0 Å². The van der Waals surface area contributed by atoms with Crippen molar-refractivity contribution in [3.63, 3.8) is 0 Å². The molecule has 1 atom stereocenters. The zero-order chi connectivity index (χ0) is 21.6. The minimum atomic E-state index is -1.85. The lowest BCUT2D eigenvalue weighted by Gasteiger charge is -2.26. The Hall–Kier alpha value is -1.25. The number of ether oxygens (including phenoxy) is 1. The maximum atomic E-state index is 12.4. The fraction of sp³-hybridized carbons (Fsp3) is 0.316. The van der Waals surface area contributed by atoms with Gasteiger partial charge < -0.3 is 10.1 Å². The molecule has 1 unspecified atom stereocenters. The molecule has 0 aromatic heterocycles. The number of amides is 2. The number of carbonyl (C=O) groups excluding carboxylic acids is 2. The van der Waals surface area contributed by atoms with E-state index in [0.717, 1.165) is 5.56 Å². The molecule has 1 aromatic rings. The Labute approximate surface area is 194 Å². The van der Waals surface area contributed by atoms with Crippen LogP contribution in [0, 0.1) is 0 Å². The molecule has 0 radical (unpaired) electrons. The summed E-state index contributed by atoms with van der Waals surface area (Å²) in [5.74, 6) is -0.0355. The number of thiocarbonyl (C=S) groups is 1. The van der Waals surface area contributed by atoms with Gasteiger partial charge in [-0.1, -0.05) is 83.9 Å². The SMILES string of the molecule is C=CCN1C(=O)C(=Cc2ccc(OC(NC(=O)CCC)C(Cl)(Cl)Cl)cc2)SC1=S. The van der Waals surface area contributed by atoms with Crippen LogP contribution in [0.4, 0.5) is 0 Å². The number of alkyl halides is 3. The lowest BCUT2D eigenvalue weighted by Crippen LogP contribution is -2.47. The third kappa shape index (κ3) is 6.89. The smallest absolute Gasteiger partial charge is 0.266 e. The molecular formula is C19H19Cl3N2O3S2. The van der Waals surface area contributed by atoms with Crippen molar-refractivity contribution in [2.75, 3.05) is 6.54 Å². The molecular weight excluding hydrogens is 475 g/mol. The first-order chi connectivity index (χ1) is 13.7. The fourth-order valence-electron chi connectivity index (χ4n) is 2.34. The van der Waals surface area contributed by atoms with Crippen LogP contribution in [0.15, 0.2) is 41.8 Å². The van der Waals surface area contributed by atoms with Crippen molar-refractivity contribution in [2.45, 2.75) is 29.8 Å². The van der Waals surface area contributed by atoms with Crippen molar-refractivity contribution in [1.29, 1.82) is 0 Å². The minimum Gasteiger partial charge on any atom is -0.466 e. The molecule has 156 valence electrons. The van der Waals surface area contributed by atoms with Crippen molar-refractivity contribution < 1.29 is 14.3 Å². The highest BCUT2D eigenvalue weighted by Crippen LogP contribution is 2.34. The van der Waals surface area contributed by atoms with Crippen LogP contribution < -0.4 is 10.1 Å². The molecule has 29 heavy (non-hydrogen) atoms. The van der Waals surface area contributed by atoms with Crippen LogP contribution in [0.3, 0.4) is 0 Å². The molecule has 0 saturated carbocycles. The highest BCUT2D eigenvalue weighted by molar-refractivity contribution is 8.26. The van der Waals surface area contributed by atoms with Crippen LogP contribution >= 0.6 is 58.8 Å². The number of benzene rings is 1. The predicted molar refractivity (Wildman–Crippen MR) is 124 cm³/mol. The van der Waals surface area contributed by atoms with E-state index in [-0.39, 0.29) is 11.8 Å². The summed E-state index contributed by atoms with van der Waals surface area (Å²) in [6.45, 7) is 5.87. The first-order valence-corrected chi connectivity index (χ1v) is 11.0. The Morgan fingerprint density at radius 3 is 2.59 bits per heavy atom. The third-order valence-corrected chi connectivity index (χ3v) is 5.66. The molecule has 10 heteroatoms. The van der Waals surface area contributed by atoms with Crippen molar-refractivity contribution in [3.8, 4) is 5.75 Å². The molecule has 0 aliphatic carbocycles. The average Bonchev–Trinajstić information content (AvgIpc) is 2.90. The molecule has 2 amide bonds. The van der Waals surface area contributed by atoms with Crippen LogP contribution in [-0.4, -0.2) is 37.6 Å². The van der Waals surface area contributed by atoms with E-state index in [9.17, 15) is 9.59 Å². The molecule has 0 spiro atoms. The van der Waals surface area contributed by atoms with Crippen LogP contribution in [0.25, 0.3) is 6.08 Å². The largest absolute Gasteiger partial charge is 0.466 e. The minimum absolute atomic E-state index is 0.157. The van der Waals surface area contributed by atoms with E-state index in [1.165, 1.54) is 16.7 Å². The van der Waals surface area contributed by atoms with Gasteiger partial charge in [0.25, 0.3) is 5.91 Å². The Morgan fingerprint density at radius 1 is 1.38 bits per heavy atom. The Balaban J connectivity index is 2.11. The number of carbonyl (C=O) groups is 2. The third-order valence-electron chi connectivity index (χ3n) is 3.68. The van der Waals surface area contributed by atoms with E-state index >= 15 is 0 Å². The summed E-state index contributed by atoms with van der Waals surface area (Å²) >= 11 is 24.2. The summed E-state index contributed by atoms with van der Waals surface area (Å²) in [6, 6.07) is 6.81. The molecule has 5 nitrogen and oxygen atoms in total. The van der Waals surface area contributed by atoms with Crippen LogP contribution in [0.5, 0.6) is 5.75 Å². The quantitative estimate of drug-likeness (QED) is 0.180. The lowest BCUT2D eigenvalue weighted by molar-refractivity contribution is -0.123. The van der Waals surface area contributed by atoms with Crippen LogP contribution in [0.2, 0.25) is 0 Å². The Bertz CT molecular complexity index is 823. The van der Waals surface area contributed by atoms with E-state index in [4.69, 9.17) is 51.8 Å². The van der Waals surface area contributed by atoms with Crippen molar-refractivity contribution >= 4 is 81.0 Å². The second-order valence-electron chi connectivity index (χ2n) is 6.01. The molecule has 1 saturated heterocycles. The molecule has 1 fully saturated rings. The average molecular weight is 494 g/mol. The van der Waals surface area contributed by atoms with Gasteiger partial charge in [-0.15, -0.1) is 6.58 Å². The number of thioether (sulfide) groups is 1. The molecule has 1 N–H and O–H groups in total. The van der Waals surface area contributed by atoms with Crippen molar-refractivity contribution in [3.05, 3.63) is 47.4 Å².